The SMILES string of the molecule is CCN(CC)C(N)=NCc1cc(F)cc(OC)c1.I. The summed E-state index contributed by atoms with van der Waals surface area (Å²) in [5.74, 6) is 0.630. The van der Waals surface area contributed by atoms with Crippen LogP contribution < -0.4 is 10.5 Å². The highest BCUT2D eigenvalue weighted by atomic mass is 127. The Hall–Kier alpha value is -1.05. The highest BCUT2D eigenvalue weighted by Crippen LogP contribution is 2.16. The van der Waals surface area contributed by atoms with Crippen molar-refractivity contribution in [3.63, 3.8) is 0 Å². The average Bonchev–Trinajstić information content (AvgIpc) is 2.37. The zero-order chi connectivity index (χ0) is 13.5. The fraction of sp³-hybridized carbons (Fsp3) is 0.462. The molecule has 0 spiro atoms. The van der Waals surface area contributed by atoms with E-state index in [2.05, 4.69) is 4.99 Å². The standard InChI is InChI=1S/C13H20FN3O.HI/c1-4-17(5-2)13(15)16-9-10-6-11(14)8-12(7-10)18-3;/h6-8H,4-5,9H2,1-3H3,(H2,15,16);1H. The van der Waals surface area contributed by atoms with Gasteiger partial charge in [-0.3, -0.25) is 0 Å². The normalized spacial score (nSPS) is 10.8. The maximum Gasteiger partial charge on any atom is 0.191 e. The van der Waals surface area contributed by atoms with E-state index >= 15 is 0 Å². The number of nitrogens with two attached hydrogens (primary N) is 1. The molecule has 0 aliphatic rings. The smallest absolute Gasteiger partial charge is 0.191 e. The summed E-state index contributed by atoms with van der Waals surface area (Å²) in [6.45, 7) is 5.97. The molecular formula is C13H21FIN3O. The largest absolute Gasteiger partial charge is 0.497 e. The Morgan fingerprint density at radius 3 is 2.47 bits per heavy atom. The van der Waals surface area contributed by atoms with E-state index in [0.717, 1.165) is 18.7 Å². The first-order valence-electron chi connectivity index (χ1n) is 5.99. The number of ether oxygens (including phenoxy) is 1. The van der Waals surface area contributed by atoms with Crippen molar-refractivity contribution in [2.75, 3.05) is 20.2 Å². The third kappa shape index (κ3) is 5.63. The summed E-state index contributed by atoms with van der Waals surface area (Å²) >= 11 is 0. The second-order valence-electron chi connectivity index (χ2n) is 3.85. The molecule has 1 aromatic carbocycles. The van der Waals surface area contributed by atoms with Crippen LogP contribution in [0.2, 0.25) is 0 Å². The summed E-state index contributed by atoms with van der Waals surface area (Å²) in [6, 6.07) is 4.52. The molecule has 4 nitrogen and oxygen atoms in total. The van der Waals surface area contributed by atoms with E-state index in [4.69, 9.17) is 10.5 Å². The molecule has 0 bridgehead atoms. The summed E-state index contributed by atoms with van der Waals surface area (Å²) in [5.41, 5.74) is 6.58. The number of guanidine groups is 1. The lowest BCUT2D eigenvalue weighted by Crippen LogP contribution is -2.37. The first kappa shape index (κ1) is 17.9. The molecule has 0 radical (unpaired) electrons. The van der Waals surface area contributed by atoms with Crippen molar-refractivity contribution < 1.29 is 9.13 Å². The van der Waals surface area contributed by atoms with Gasteiger partial charge in [0.25, 0.3) is 0 Å². The van der Waals surface area contributed by atoms with Crippen LogP contribution in [0.1, 0.15) is 19.4 Å². The number of nitrogens with zero attached hydrogens (tertiary/aromatic N) is 2. The molecule has 0 amide bonds. The van der Waals surface area contributed by atoms with Crippen LogP contribution in [0, 0.1) is 5.82 Å². The minimum Gasteiger partial charge on any atom is -0.497 e. The van der Waals surface area contributed by atoms with Gasteiger partial charge in [-0.05, 0) is 31.5 Å². The number of halogens is 2. The van der Waals surface area contributed by atoms with Crippen molar-refractivity contribution in [2.24, 2.45) is 10.7 Å². The minimum atomic E-state index is -0.332. The van der Waals surface area contributed by atoms with E-state index in [1.54, 1.807) is 6.07 Å². The number of methoxy groups -OCH3 is 1. The van der Waals surface area contributed by atoms with Crippen molar-refractivity contribution in [3.8, 4) is 5.75 Å². The summed E-state index contributed by atoms with van der Waals surface area (Å²) in [4.78, 5) is 6.19. The summed E-state index contributed by atoms with van der Waals surface area (Å²) in [7, 11) is 1.51. The molecule has 0 aliphatic carbocycles. The van der Waals surface area contributed by atoms with Crippen molar-refractivity contribution in [3.05, 3.63) is 29.6 Å². The molecule has 0 saturated heterocycles. The van der Waals surface area contributed by atoms with Gasteiger partial charge in [-0.2, -0.15) is 0 Å². The van der Waals surface area contributed by atoms with Gasteiger partial charge in [-0.1, -0.05) is 0 Å². The van der Waals surface area contributed by atoms with Crippen molar-refractivity contribution in [1.82, 2.24) is 4.90 Å². The van der Waals surface area contributed by atoms with Gasteiger partial charge in [-0.25, -0.2) is 9.38 Å². The first-order chi connectivity index (χ1) is 8.60. The van der Waals surface area contributed by atoms with E-state index in [-0.39, 0.29) is 29.8 Å². The molecule has 0 aliphatic heterocycles. The predicted molar refractivity (Wildman–Crippen MR) is 86.6 cm³/mol. The maximum absolute atomic E-state index is 13.3. The van der Waals surface area contributed by atoms with E-state index < -0.39 is 0 Å². The van der Waals surface area contributed by atoms with Crippen molar-refractivity contribution in [1.29, 1.82) is 0 Å². The first-order valence-corrected chi connectivity index (χ1v) is 5.99. The number of rotatable bonds is 5. The number of hydrogen-bond donors (Lipinski definition) is 1. The molecule has 0 unspecified atom stereocenters. The zero-order valence-electron chi connectivity index (χ0n) is 11.5. The molecule has 0 heterocycles. The lowest BCUT2D eigenvalue weighted by atomic mass is 10.2. The van der Waals surface area contributed by atoms with Crippen LogP contribution in [0.15, 0.2) is 23.2 Å². The topological polar surface area (TPSA) is 50.8 Å². The number of hydrogen-bond acceptors (Lipinski definition) is 2. The predicted octanol–water partition coefficient (Wildman–Crippen LogP) is 2.61. The van der Waals surface area contributed by atoms with Crippen LogP contribution in [0.5, 0.6) is 5.75 Å². The van der Waals surface area contributed by atoms with Crippen molar-refractivity contribution >= 4 is 29.9 Å². The summed E-state index contributed by atoms with van der Waals surface area (Å²) in [6.07, 6.45) is 0. The molecular weight excluding hydrogens is 360 g/mol. The third-order valence-electron chi connectivity index (χ3n) is 2.68. The Morgan fingerprint density at radius 1 is 1.32 bits per heavy atom. The van der Waals surface area contributed by atoms with Crippen molar-refractivity contribution in [2.45, 2.75) is 20.4 Å². The summed E-state index contributed by atoms with van der Waals surface area (Å²) in [5, 5.41) is 0. The average molecular weight is 381 g/mol. The maximum atomic E-state index is 13.3. The monoisotopic (exact) mass is 381 g/mol. The minimum absolute atomic E-state index is 0. The van der Waals surface area contributed by atoms with Crippen LogP contribution in [0.3, 0.4) is 0 Å². The van der Waals surface area contributed by atoms with Crippen LogP contribution in [-0.2, 0) is 6.54 Å². The molecule has 0 aromatic heterocycles. The Kier molecular flexibility index (Phi) is 8.46. The van der Waals surface area contributed by atoms with Gasteiger partial charge in [0.05, 0.1) is 13.7 Å². The van der Waals surface area contributed by atoms with E-state index in [0.29, 0.717) is 18.3 Å². The Bertz CT molecular complexity index is 422. The third-order valence-corrected chi connectivity index (χ3v) is 2.68. The fourth-order valence-corrected chi connectivity index (χ4v) is 1.65. The van der Waals surface area contributed by atoms with Crippen LogP contribution in [0.25, 0.3) is 0 Å². The molecule has 0 saturated carbocycles. The van der Waals surface area contributed by atoms with E-state index in [1.807, 2.05) is 18.7 Å². The van der Waals surface area contributed by atoms with Gasteiger partial charge < -0.3 is 15.4 Å². The molecule has 0 fully saturated rings. The molecule has 0 atom stereocenters. The Balaban J connectivity index is 0.00000324. The van der Waals surface area contributed by atoms with E-state index in [1.165, 1.54) is 19.2 Å². The van der Waals surface area contributed by atoms with Gasteiger partial charge in [0.15, 0.2) is 5.96 Å². The molecule has 2 N–H and O–H groups in total. The van der Waals surface area contributed by atoms with Gasteiger partial charge in [0, 0.05) is 19.2 Å². The zero-order valence-corrected chi connectivity index (χ0v) is 13.8. The summed E-state index contributed by atoms with van der Waals surface area (Å²) < 4.78 is 18.3. The molecule has 108 valence electrons. The van der Waals surface area contributed by atoms with Crippen LogP contribution >= 0.6 is 24.0 Å². The van der Waals surface area contributed by atoms with Gasteiger partial charge in [0.2, 0.25) is 0 Å². The highest BCUT2D eigenvalue weighted by molar-refractivity contribution is 14.0. The number of aliphatic imine (C=N–C) groups is 1. The lowest BCUT2D eigenvalue weighted by Gasteiger charge is -2.19. The second kappa shape index (κ2) is 8.95. The van der Waals surface area contributed by atoms with Crippen LogP contribution in [-0.4, -0.2) is 31.1 Å². The van der Waals surface area contributed by atoms with Gasteiger partial charge in [-0.15, -0.1) is 24.0 Å². The molecule has 1 rings (SSSR count). The number of benzene rings is 1. The van der Waals surface area contributed by atoms with E-state index in [9.17, 15) is 4.39 Å². The lowest BCUT2D eigenvalue weighted by molar-refractivity contribution is 0.410. The quantitative estimate of drug-likeness (QED) is 0.485. The Morgan fingerprint density at radius 2 is 1.95 bits per heavy atom. The highest BCUT2D eigenvalue weighted by Gasteiger charge is 2.04. The molecule has 19 heavy (non-hydrogen) atoms. The Labute approximate surface area is 130 Å². The van der Waals surface area contributed by atoms with Gasteiger partial charge in [0.1, 0.15) is 11.6 Å². The van der Waals surface area contributed by atoms with Crippen LogP contribution in [0.4, 0.5) is 4.39 Å². The second-order valence-corrected chi connectivity index (χ2v) is 3.85. The fourth-order valence-electron chi connectivity index (χ4n) is 1.65. The molecule has 6 heteroatoms. The van der Waals surface area contributed by atoms with Gasteiger partial charge >= 0.3 is 0 Å². The molecule has 1 aromatic rings.